The van der Waals surface area contributed by atoms with Crippen molar-refractivity contribution in [3.05, 3.63) is 71.3 Å². The molecule has 0 heterocycles. The van der Waals surface area contributed by atoms with E-state index in [0.717, 1.165) is 31.6 Å². The highest BCUT2D eigenvalue weighted by Gasteiger charge is 2.22. The Morgan fingerprint density at radius 2 is 1.56 bits per heavy atom. The molecule has 3 heteroatoms. The van der Waals surface area contributed by atoms with Crippen LogP contribution in [0.25, 0.3) is 5.83 Å². The molecule has 1 saturated carbocycles. The van der Waals surface area contributed by atoms with Crippen molar-refractivity contribution in [2.75, 3.05) is 0 Å². The third-order valence-electron chi connectivity index (χ3n) is 6.63. The summed E-state index contributed by atoms with van der Waals surface area (Å²) in [6.07, 6.45) is 13.4. The average Bonchev–Trinajstić information content (AvgIpc) is 2.83. The van der Waals surface area contributed by atoms with Crippen LogP contribution in [0.2, 0.25) is 0 Å². The standard InChI is InChI=1S/C29H37FO2/c1-3-5-6-7-9-28(30)25-14-16-26(17-15-25)29(31)32-27-20-18-24(19-21-27)23-12-10-22(8-4-2)11-13-23/h9,14-23H,3-8,10-13H2,1-2H3/b28-9+. The summed E-state index contributed by atoms with van der Waals surface area (Å²) in [6.45, 7) is 4.40. The van der Waals surface area contributed by atoms with Crippen LogP contribution in [0.4, 0.5) is 4.39 Å². The van der Waals surface area contributed by atoms with Crippen molar-refractivity contribution >= 4 is 11.8 Å². The van der Waals surface area contributed by atoms with E-state index >= 15 is 0 Å². The lowest BCUT2D eigenvalue weighted by atomic mass is 9.77. The maximum atomic E-state index is 14.2. The van der Waals surface area contributed by atoms with Crippen molar-refractivity contribution in [3.63, 3.8) is 0 Å². The first kappa shape index (κ1) is 24.2. The Balaban J connectivity index is 1.52. The summed E-state index contributed by atoms with van der Waals surface area (Å²) in [5, 5.41) is 0. The molecule has 1 fully saturated rings. The largest absolute Gasteiger partial charge is 0.423 e. The molecule has 172 valence electrons. The van der Waals surface area contributed by atoms with Crippen LogP contribution in [0.3, 0.4) is 0 Å². The van der Waals surface area contributed by atoms with Crippen molar-refractivity contribution in [1.29, 1.82) is 0 Å². The number of hydrogen-bond acceptors (Lipinski definition) is 2. The molecule has 0 aromatic heterocycles. The van der Waals surface area contributed by atoms with Crippen LogP contribution in [0, 0.1) is 5.92 Å². The fourth-order valence-electron chi connectivity index (χ4n) is 4.67. The van der Waals surface area contributed by atoms with Gasteiger partial charge in [-0.2, -0.15) is 0 Å². The molecule has 2 nitrogen and oxygen atoms in total. The van der Waals surface area contributed by atoms with Crippen LogP contribution in [0.1, 0.15) is 105 Å². The van der Waals surface area contributed by atoms with E-state index in [1.54, 1.807) is 30.3 Å². The molecule has 0 atom stereocenters. The Labute approximate surface area is 192 Å². The summed E-state index contributed by atoms with van der Waals surface area (Å²) >= 11 is 0. The number of benzene rings is 2. The Hall–Kier alpha value is -2.42. The lowest BCUT2D eigenvalue weighted by Gasteiger charge is -2.28. The zero-order valence-electron chi connectivity index (χ0n) is 19.6. The summed E-state index contributed by atoms with van der Waals surface area (Å²) in [5.74, 6) is 1.40. The van der Waals surface area contributed by atoms with Crippen LogP contribution >= 0.6 is 0 Å². The molecule has 2 aromatic carbocycles. The van der Waals surface area contributed by atoms with E-state index in [1.807, 2.05) is 12.1 Å². The molecule has 0 spiro atoms. The topological polar surface area (TPSA) is 26.3 Å². The quantitative estimate of drug-likeness (QED) is 0.211. The second kappa shape index (κ2) is 12.6. The number of carbonyl (C=O) groups excluding carboxylic acids is 1. The van der Waals surface area contributed by atoms with Crippen LogP contribution in [0.15, 0.2) is 54.6 Å². The van der Waals surface area contributed by atoms with Crippen molar-refractivity contribution < 1.29 is 13.9 Å². The summed E-state index contributed by atoms with van der Waals surface area (Å²) in [4.78, 5) is 12.5. The molecule has 0 radical (unpaired) electrons. The second-order valence-electron chi connectivity index (χ2n) is 9.09. The lowest BCUT2D eigenvalue weighted by Crippen LogP contribution is -2.13. The number of hydrogen-bond donors (Lipinski definition) is 0. The van der Waals surface area contributed by atoms with Gasteiger partial charge in [0.15, 0.2) is 0 Å². The summed E-state index contributed by atoms with van der Waals surface area (Å²) < 4.78 is 19.8. The number of esters is 1. The van der Waals surface area contributed by atoms with Gasteiger partial charge in [-0.1, -0.05) is 63.8 Å². The molecular weight excluding hydrogens is 399 g/mol. The normalized spacial score (nSPS) is 19.0. The first-order valence-electron chi connectivity index (χ1n) is 12.4. The zero-order valence-corrected chi connectivity index (χ0v) is 19.6. The number of rotatable bonds is 10. The van der Waals surface area contributed by atoms with Crippen LogP contribution in [0.5, 0.6) is 5.75 Å². The Morgan fingerprint density at radius 1 is 0.906 bits per heavy atom. The molecule has 3 rings (SSSR count). The van der Waals surface area contributed by atoms with Gasteiger partial charge in [-0.15, -0.1) is 0 Å². The number of halogens is 1. The molecular formula is C29H37FO2. The minimum absolute atomic E-state index is 0.236. The van der Waals surface area contributed by atoms with Gasteiger partial charge < -0.3 is 4.74 Å². The highest BCUT2D eigenvalue weighted by atomic mass is 19.1. The third-order valence-corrected chi connectivity index (χ3v) is 6.63. The van der Waals surface area contributed by atoms with E-state index in [1.165, 1.54) is 44.1 Å². The predicted octanol–water partition coefficient (Wildman–Crippen LogP) is 8.87. The Morgan fingerprint density at radius 3 is 2.19 bits per heavy atom. The molecule has 0 amide bonds. The Bertz CT molecular complexity index is 859. The molecule has 0 unspecified atom stereocenters. The highest BCUT2D eigenvalue weighted by Crippen LogP contribution is 2.37. The molecule has 0 bridgehead atoms. The third kappa shape index (κ3) is 7.05. The van der Waals surface area contributed by atoms with Gasteiger partial charge in [-0.05, 0) is 86.3 Å². The minimum atomic E-state index is -0.420. The van der Waals surface area contributed by atoms with Crippen molar-refractivity contribution in [2.45, 2.75) is 84.0 Å². The second-order valence-corrected chi connectivity index (χ2v) is 9.09. The summed E-state index contributed by atoms with van der Waals surface area (Å²) in [6, 6.07) is 14.5. The van der Waals surface area contributed by atoms with Gasteiger partial charge in [0.2, 0.25) is 0 Å². The van der Waals surface area contributed by atoms with Gasteiger partial charge in [0.25, 0.3) is 0 Å². The SMILES string of the molecule is CCCCC/C=C(/F)c1ccc(C(=O)Oc2ccc(C3CCC(CCC)CC3)cc2)cc1. The fraction of sp³-hybridized carbons (Fsp3) is 0.483. The van der Waals surface area contributed by atoms with E-state index in [2.05, 4.69) is 26.0 Å². The van der Waals surface area contributed by atoms with E-state index in [0.29, 0.717) is 22.8 Å². The number of ether oxygens (including phenoxy) is 1. The van der Waals surface area contributed by atoms with Crippen molar-refractivity contribution in [2.24, 2.45) is 5.92 Å². The number of allylic oxidation sites excluding steroid dienone is 1. The van der Waals surface area contributed by atoms with E-state index < -0.39 is 5.97 Å². The molecule has 0 N–H and O–H groups in total. The van der Waals surface area contributed by atoms with Crippen LogP contribution < -0.4 is 4.74 Å². The average molecular weight is 437 g/mol. The van der Waals surface area contributed by atoms with E-state index in [4.69, 9.17) is 4.74 Å². The molecule has 1 aliphatic rings. The molecule has 2 aromatic rings. The van der Waals surface area contributed by atoms with Gasteiger partial charge in [0, 0.05) is 5.56 Å². The van der Waals surface area contributed by atoms with Crippen molar-refractivity contribution in [3.8, 4) is 5.75 Å². The fourth-order valence-corrected chi connectivity index (χ4v) is 4.67. The zero-order chi connectivity index (χ0) is 22.8. The van der Waals surface area contributed by atoms with Crippen LogP contribution in [-0.2, 0) is 0 Å². The molecule has 32 heavy (non-hydrogen) atoms. The maximum Gasteiger partial charge on any atom is 0.343 e. The van der Waals surface area contributed by atoms with E-state index in [9.17, 15) is 9.18 Å². The molecule has 0 saturated heterocycles. The van der Waals surface area contributed by atoms with Gasteiger partial charge in [-0.25, -0.2) is 9.18 Å². The lowest BCUT2D eigenvalue weighted by molar-refractivity contribution is 0.0734. The van der Waals surface area contributed by atoms with Gasteiger partial charge >= 0.3 is 5.97 Å². The van der Waals surface area contributed by atoms with Gasteiger partial charge in [-0.3, -0.25) is 0 Å². The maximum absolute atomic E-state index is 14.2. The molecule has 1 aliphatic carbocycles. The smallest absolute Gasteiger partial charge is 0.343 e. The highest BCUT2D eigenvalue weighted by molar-refractivity contribution is 5.91. The first-order chi connectivity index (χ1) is 15.6. The number of unbranched alkanes of at least 4 members (excludes halogenated alkanes) is 3. The predicted molar refractivity (Wildman–Crippen MR) is 131 cm³/mol. The van der Waals surface area contributed by atoms with Crippen LogP contribution in [-0.4, -0.2) is 5.97 Å². The molecule has 0 aliphatic heterocycles. The monoisotopic (exact) mass is 436 g/mol. The Kier molecular flexibility index (Phi) is 9.52. The number of carbonyl (C=O) groups is 1. The van der Waals surface area contributed by atoms with E-state index in [-0.39, 0.29) is 5.83 Å². The van der Waals surface area contributed by atoms with Gasteiger partial charge in [0.05, 0.1) is 5.56 Å². The van der Waals surface area contributed by atoms with Crippen molar-refractivity contribution in [1.82, 2.24) is 0 Å². The minimum Gasteiger partial charge on any atom is -0.423 e. The first-order valence-corrected chi connectivity index (χ1v) is 12.4. The summed E-state index contributed by atoms with van der Waals surface area (Å²) in [7, 11) is 0. The summed E-state index contributed by atoms with van der Waals surface area (Å²) in [5.41, 5.74) is 2.26. The van der Waals surface area contributed by atoms with Gasteiger partial charge in [0.1, 0.15) is 11.6 Å².